The van der Waals surface area contributed by atoms with Crippen LogP contribution in [-0.4, -0.2) is 37.9 Å². The first-order chi connectivity index (χ1) is 24.0. The number of non-ortho nitro benzene ring substituents is 2. The average molecular weight is 681 g/mol. The second-order valence-corrected chi connectivity index (χ2v) is 10.3. The van der Waals surface area contributed by atoms with E-state index in [1.807, 2.05) is 0 Å². The SMILES string of the molecule is O=C(O)c1ccc([N+](=O)[O-])cc1CONc1ccc(Oc2ccc(Oc3ccc(NC(=O)c4cc([N+](=O)[O-])ccc4C(=O)O)cc3)cc2)cc1. The Morgan fingerprint density at radius 3 is 1.50 bits per heavy atom. The number of nitro benzene ring substituents is 2. The first-order valence-electron chi connectivity index (χ1n) is 14.3. The first kappa shape index (κ1) is 34.0. The molecule has 0 aliphatic rings. The van der Waals surface area contributed by atoms with E-state index in [0.717, 1.165) is 36.4 Å². The van der Waals surface area contributed by atoms with E-state index in [0.29, 0.717) is 34.4 Å². The van der Waals surface area contributed by atoms with Gasteiger partial charge in [0.15, 0.2) is 0 Å². The maximum Gasteiger partial charge on any atom is 0.336 e. The quantitative estimate of drug-likeness (QED) is 0.0668. The number of amides is 1. The Hall–Kier alpha value is -7.33. The second-order valence-electron chi connectivity index (χ2n) is 10.3. The van der Waals surface area contributed by atoms with E-state index in [-0.39, 0.29) is 34.5 Å². The molecule has 0 radical (unpaired) electrons. The van der Waals surface area contributed by atoms with Gasteiger partial charge in [-0.1, -0.05) is 0 Å². The van der Waals surface area contributed by atoms with Gasteiger partial charge in [0, 0.05) is 35.5 Å². The van der Waals surface area contributed by atoms with Gasteiger partial charge in [0.05, 0.1) is 32.2 Å². The van der Waals surface area contributed by atoms with Crippen LogP contribution in [0.4, 0.5) is 22.7 Å². The number of hydrogen-bond donors (Lipinski definition) is 4. The minimum Gasteiger partial charge on any atom is -0.478 e. The van der Waals surface area contributed by atoms with Crippen molar-refractivity contribution in [2.75, 3.05) is 10.8 Å². The summed E-state index contributed by atoms with van der Waals surface area (Å²) in [6, 6.07) is 25.8. The van der Waals surface area contributed by atoms with Gasteiger partial charge in [0.2, 0.25) is 0 Å². The maximum atomic E-state index is 12.7. The predicted molar refractivity (Wildman–Crippen MR) is 176 cm³/mol. The monoisotopic (exact) mass is 680 g/mol. The zero-order valence-electron chi connectivity index (χ0n) is 25.5. The summed E-state index contributed by atoms with van der Waals surface area (Å²) in [5.41, 5.74) is 2.08. The van der Waals surface area contributed by atoms with E-state index in [1.165, 1.54) is 12.1 Å². The van der Waals surface area contributed by atoms with Crippen molar-refractivity contribution in [2.45, 2.75) is 6.61 Å². The third-order valence-corrected chi connectivity index (χ3v) is 6.90. The smallest absolute Gasteiger partial charge is 0.336 e. The van der Waals surface area contributed by atoms with Crippen LogP contribution in [0.2, 0.25) is 0 Å². The Balaban J connectivity index is 1.13. The third kappa shape index (κ3) is 8.52. The van der Waals surface area contributed by atoms with Crippen LogP contribution in [0, 0.1) is 20.2 Å². The van der Waals surface area contributed by atoms with Crippen LogP contribution in [0.5, 0.6) is 23.0 Å². The number of nitrogens with one attached hydrogen (secondary N) is 2. The highest BCUT2D eigenvalue weighted by Gasteiger charge is 2.21. The number of nitro groups is 2. The molecule has 0 saturated carbocycles. The number of aromatic carboxylic acids is 2. The van der Waals surface area contributed by atoms with E-state index >= 15 is 0 Å². The lowest BCUT2D eigenvalue weighted by Crippen LogP contribution is -2.16. The molecule has 0 aliphatic heterocycles. The molecule has 0 saturated heterocycles. The number of carboxylic acids is 2. The number of carbonyl (C=O) groups excluding carboxylic acids is 1. The van der Waals surface area contributed by atoms with Crippen molar-refractivity contribution in [2.24, 2.45) is 0 Å². The summed E-state index contributed by atoms with van der Waals surface area (Å²) >= 11 is 0. The minimum atomic E-state index is -1.40. The topological polar surface area (TPSA) is 230 Å². The van der Waals surface area contributed by atoms with Crippen molar-refractivity contribution in [3.05, 3.63) is 152 Å². The van der Waals surface area contributed by atoms with Crippen molar-refractivity contribution in [3.63, 3.8) is 0 Å². The third-order valence-electron chi connectivity index (χ3n) is 6.90. The average Bonchev–Trinajstić information content (AvgIpc) is 3.10. The number of hydrogen-bond acceptors (Lipinski definition) is 11. The molecule has 5 aromatic carbocycles. The molecule has 0 heterocycles. The number of anilines is 2. The number of rotatable bonds is 14. The van der Waals surface area contributed by atoms with Crippen LogP contribution < -0.4 is 20.3 Å². The number of carbonyl (C=O) groups is 3. The van der Waals surface area contributed by atoms with Crippen molar-refractivity contribution < 1.29 is 48.8 Å². The Labute approximate surface area is 281 Å². The first-order valence-corrected chi connectivity index (χ1v) is 14.3. The van der Waals surface area contributed by atoms with Gasteiger partial charge in [0.1, 0.15) is 29.6 Å². The zero-order chi connectivity index (χ0) is 35.8. The van der Waals surface area contributed by atoms with Gasteiger partial charge in [-0.25, -0.2) is 9.59 Å². The molecule has 0 atom stereocenters. The van der Waals surface area contributed by atoms with Crippen LogP contribution in [0.1, 0.15) is 36.6 Å². The fourth-order valence-corrected chi connectivity index (χ4v) is 4.48. The molecule has 252 valence electrons. The van der Waals surface area contributed by atoms with Gasteiger partial charge >= 0.3 is 11.9 Å². The highest BCUT2D eigenvalue weighted by molar-refractivity contribution is 6.11. The Morgan fingerprint density at radius 2 is 1.02 bits per heavy atom. The fraction of sp³-hybridized carbons (Fsp3) is 0.0294. The molecule has 16 heteroatoms. The number of benzene rings is 5. The lowest BCUT2D eigenvalue weighted by atomic mass is 10.1. The largest absolute Gasteiger partial charge is 0.478 e. The van der Waals surface area contributed by atoms with Gasteiger partial charge in [-0.05, 0) is 84.9 Å². The van der Waals surface area contributed by atoms with Gasteiger partial charge < -0.3 is 25.0 Å². The molecular formula is C34H24N4O12. The van der Waals surface area contributed by atoms with Crippen molar-refractivity contribution in [3.8, 4) is 23.0 Å². The molecule has 4 N–H and O–H groups in total. The molecule has 0 aliphatic carbocycles. The lowest BCUT2D eigenvalue weighted by molar-refractivity contribution is -0.385. The van der Waals surface area contributed by atoms with E-state index in [4.69, 9.17) is 14.3 Å². The molecule has 0 bridgehead atoms. The lowest BCUT2D eigenvalue weighted by Gasteiger charge is -2.11. The van der Waals surface area contributed by atoms with Crippen molar-refractivity contribution >= 4 is 40.6 Å². The Bertz CT molecular complexity index is 2080. The van der Waals surface area contributed by atoms with Crippen molar-refractivity contribution in [1.82, 2.24) is 0 Å². The number of ether oxygens (including phenoxy) is 2. The molecular weight excluding hydrogens is 656 g/mol. The minimum absolute atomic E-state index is 0.114. The van der Waals surface area contributed by atoms with E-state index < -0.39 is 33.4 Å². The summed E-state index contributed by atoms with van der Waals surface area (Å²) in [6.07, 6.45) is 0. The highest BCUT2D eigenvalue weighted by atomic mass is 16.6. The van der Waals surface area contributed by atoms with Crippen molar-refractivity contribution in [1.29, 1.82) is 0 Å². The normalized spacial score (nSPS) is 10.5. The van der Waals surface area contributed by atoms with Gasteiger partial charge in [-0.2, -0.15) is 0 Å². The standard InChI is InChI=1S/C34H24N4O12/c39-32(31-18-24(38(46)47)6-16-30(31)34(42)43)35-21-1-7-25(8-2-21)49-27-11-13-28(14-12-27)50-26-9-3-22(4-10-26)36-48-19-20-17-23(37(44)45)5-15-29(20)33(40)41/h1-18,36H,19H2,(H,35,39)(H,40,41)(H,42,43). The number of nitrogens with zero attached hydrogens (tertiary/aromatic N) is 2. The number of carboxylic acid groups (broad SMARTS) is 2. The molecule has 0 fully saturated rings. The fourth-order valence-electron chi connectivity index (χ4n) is 4.48. The molecule has 0 aromatic heterocycles. The molecule has 50 heavy (non-hydrogen) atoms. The predicted octanol–water partition coefficient (Wildman–Crippen LogP) is 7.28. The zero-order valence-corrected chi connectivity index (χ0v) is 25.5. The molecule has 5 rings (SSSR count). The summed E-state index contributed by atoms with van der Waals surface area (Å²) < 4.78 is 11.7. The van der Waals surface area contributed by atoms with Gasteiger partial charge in [0.25, 0.3) is 17.3 Å². The van der Waals surface area contributed by atoms with E-state index in [9.17, 15) is 44.8 Å². The Kier molecular flexibility index (Phi) is 10.2. The van der Waals surface area contributed by atoms with Gasteiger partial charge in [-0.15, -0.1) is 0 Å². The molecule has 5 aromatic rings. The van der Waals surface area contributed by atoms with Crippen LogP contribution in [-0.2, 0) is 11.4 Å². The summed E-state index contributed by atoms with van der Waals surface area (Å²) in [5, 5.41) is 43.4. The summed E-state index contributed by atoms with van der Waals surface area (Å²) in [5.74, 6) is -1.57. The Morgan fingerprint density at radius 1 is 0.580 bits per heavy atom. The summed E-state index contributed by atoms with van der Waals surface area (Å²) in [6.45, 7) is -0.241. The molecule has 16 nitrogen and oxygen atoms in total. The maximum absolute atomic E-state index is 12.7. The molecule has 0 unspecified atom stereocenters. The van der Waals surface area contributed by atoms with Crippen LogP contribution in [0.3, 0.4) is 0 Å². The molecule has 0 spiro atoms. The summed E-state index contributed by atoms with van der Waals surface area (Å²) in [4.78, 5) is 61.8. The second kappa shape index (κ2) is 15.1. The van der Waals surface area contributed by atoms with Crippen LogP contribution in [0.25, 0.3) is 0 Å². The van der Waals surface area contributed by atoms with E-state index in [2.05, 4.69) is 10.8 Å². The van der Waals surface area contributed by atoms with Crippen LogP contribution in [0.15, 0.2) is 109 Å². The highest BCUT2D eigenvalue weighted by Crippen LogP contribution is 2.29. The summed E-state index contributed by atoms with van der Waals surface area (Å²) in [7, 11) is 0. The van der Waals surface area contributed by atoms with Gasteiger partial charge in [-0.3, -0.25) is 35.3 Å². The van der Waals surface area contributed by atoms with E-state index in [1.54, 1.807) is 60.7 Å². The molecule has 1 amide bonds. The van der Waals surface area contributed by atoms with Crippen LogP contribution >= 0.6 is 0 Å².